The van der Waals surface area contributed by atoms with Crippen LogP contribution in [0.25, 0.3) is 0 Å². The molecule has 148 valence electrons. The molecule has 4 nitrogen and oxygen atoms in total. The Balaban J connectivity index is 1.47. The van der Waals surface area contributed by atoms with Gasteiger partial charge in [-0.3, -0.25) is 9.91 Å². The molecule has 3 aromatic rings. The van der Waals surface area contributed by atoms with Crippen molar-refractivity contribution in [1.82, 2.24) is 9.91 Å². The Kier molecular flexibility index (Phi) is 6.27. The normalized spacial score (nSPS) is 15.3. The van der Waals surface area contributed by atoms with Crippen molar-refractivity contribution in [1.29, 1.82) is 0 Å². The van der Waals surface area contributed by atoms with E-state index in [1.165, 1.54) is 11.1 Å². The first-order valence-electron chi connectivity index (χ1n) is 9.82. The number of hydrogen-bond acceptors (Lipinski definition) is 4. The number of hydrogen-bond donors (Lipinski definition) is 1. The van der Waals surface area contributed by atoms with Crippen LogP contribution in [0.5, 0.6) is 5.75 Å². The van der Waals surface area contributed by atoms with Crippen molar-refractivity contribution < 1.29 is 5.11 Å². The number of halogens is 1. The number of phenols is 1. The largest absolute Gasteiger partial charge is 0.508 e. The second-order valence-electron chi connectivity index (χ2n) is 7.16. The van der Waals surface area contributed by atoms with Gasteiger partial charge in [-0.1, -0.05) is 76.6 Å². The summed E-state index contributed by atoms with van der Waals surface area (Å²) in [6.45, 7) is 3.60. The van der Waals surface area contributed by atoms with Crippen LogP contribution in [0.2, 0.25) is 0 Å². The summed E-state index contributed by atoms with van der Waals surface area (Å²) < 4.78 is 0.922. The Morgan fingerprint density at radius 1 is 0.828 bits per heavy atom. The van der Waals surface area contributed by atoms with Crippen LogP contribution in [-0.2, 0) is 0 Å². The number of aromatic hydroxyl groups is 1. The van der Waals surface area contributed by atoms with Crippen LogP contribution >= 0.6 is 15.9 Å². The number of piperazine rings is 1. The monoisotopic (exact) mass is 449 g/mol. The highest BCUT2D eigenvalue weighted by Gasteiger charge is 2.25. The summed E-state index contributed by atoms with van der Waals surface area (Å²) in [6, 6.07) is 26.9. The van der Waals surface area contributed by atoms with Crippen LogP contribution in [0.3, 0.4) is 0 Å². The molecule has 5 heteroatoms. The average Bonchev–Trinajstić information content (AvgIpc) is 2.77. The van der Waals surface area contributed by atoms with E-state index in [1.54, 1.807) is 12.1 Å². The van der Waals surface area contributed by atoms with Crippen molar-refractivity contribution >= 4 is 22.1 Å². The van der Waals surface area contributed by atoms with Crippen LogP contribution in [0.1, 0.15) is 22.7 Å². The first kappa shape index (κ1) is 19.7. The van der Waals surface area contributed by atoms with Gasteiger partial charge in [0.05, 0.1) is 12.3 Å². The predicted molar refractivity (Wildman–Crippen MR) is 121 cm³/mol. The molecule has 1 aliphatic heterocycles. The molecule has 1 N–H and O–H groups in total. The third-order valence-electron chi connectivity index (χ3n) is 5.23. The molecular formula is C24H24BrN3O. The predicted octanol–water partition coefficient (Wildman–Crippen LogP) is 4.90. The van der Waals surface area contributed by atoms with Crippen molar-refractivity contribution in [2.75, 3.05) is 26.2 Å². The first-order valence-corrected chi connectivity index (χ1v) is 10.6. The minimum absolute atomic E-state index is 0.244. The second kappa shape index (κ2) is 9.25. The molecule has 0 spiro atoms. The maximum Gasteiger partial charge on any atom is 0.116 e. The number of nitrogens with zero attached hydrogens (tertiary/aromatic N) is 3. The van der Waals surface area contributed by atoms with E-state index in [9.17, 15) is 5.11 Å². The molecular weight excluding hydrogens is 426 g/mol. The molecule has 0 aromatic heterocycles. The van der Waals surface area contributed by atoms with Crippen LogP contribution < -0.4 is 0 Å². The van der Waals surface area contributed by atoms with Gasteiger partial charge >= 0.3 is 0 Å². The average molecular weight is 450 g/mol. The highest BCUT2D eigenvalue weighted by molar-refractivity contribution is 9.10. The van der Waals surface area contributed by atoms with E-state index < -0.39 is 0 Å². The lowest BCUT2D eigenvalue weighted by atomic mass is 9.96. The lowest BCUT2D eigenvalue weighted by Crippen LogP contribution is -2.45. The van der Waals surface area contributed by atoms with Gasteiger partial charge in [-0.25, -0.2) is 0 Å². The standard InChI is InChI=1S/C24H24BrN3O/c25-23-12-11-22(29)17-21(23)18-26-28-15-13-27(14-16-28)24(19-7-3-1-4-8-19)20-9-5-2-6-10-20/h1-12,17-18,24,29H,13-16H2/b26-18-. The van der Waals surface area contributed by atoms with Crippen LogP contribution in [0.4, 0.5) is 0 Å². The smallest absolute Gasteiger partial charge is 0.116 e. The maximum atomic E-state index is 9.68. The minimum atomic E-state index is 0.244. The molecule has 4 rings (SSSR count). The molecule has 29 heavy (non-hydrogen) atoms. The van der Waals surface area contributed by atoms with Crippen molar-refractivity contribution in [3.05, 3.63) is 100 Å². The van der Waals surface area contributed by atoms with Crippen molar-refractivity contribution in [2.45, 2.75) is 6.04 Å². The summed E-state index contributed by atoms with van der Waals surface area (Å²) in [4.78, 5) is 2.53. The Morgan fingerprint density at radius 3 is 2.00 bits per heavy atom. The van der Waals surface area contributed by atoms with Crippen LogP contribution in [-0.4, -0.2) is 47.4 Å². The van der Waals surface area contributed by atoms with Crippen molar-refractivity contribution in [3.63, 3.8) is 0 Å². The fraction of sp³-hybridized carbons (Fsp3) is 0.208. The molecule has 0 saturated carbocycles. The van der Waals surface area contributed by atoms with E-state index in [0.29, 0.717) is 0 Å². The van der Waals surface area contributed by atoms with Gasteiger partial charge in [0.1, 0.15) is 5.75 Å². The van der Waals surface area contributed by atoms with Crippen LogP contribution in [0, 0.1) is 0 Å². The van der Waals surface area contributed by atoms with E-state index in [0.717, 1.165) is 36.2 Å². The Hall–Kier alpha value is -2.63. The SMILES string of the molecule is Oc1ccc(Br)c(/C=N\N2CCN(C(c3ccccc3)c3ccccc3)CC2)c1. The Labute approximate surface area is 180 Å². The number of hydrazone groups is 1. The van der Waals surface area contributed by atoms with Gasteiger partial charge in [-0.2, -0.15) is 5.10 Å². The summed E-state index contributed by atoms with van der Waals surface area (Å²) in [5, 5.41) is 16.4. The van der Waals surface area contributed by atoms with E-state index in [2.05, 4.69) is 91.6 Å². The van der Waals surface area contributed by atoms with E-state index in [1.807, 2.05) is 12.3 Å². The second-order valence-corrected chi connectivity index (χ2v) is 8.02. The molecule has 3 aromatic carbocycles. The number of benzene rings is 3. The van der Waals surface area contributed by atoms with Gasteiger partial charge in [-0.05, 0) is 29.3 Å². The van der Waals surface area contributed by atoms with Gasteiger partial charge in [0.15, 0.2) is 0 Å². The Bertz CT molecular complexity index is 915. The summed E-state index contributed by atoms with van der Waals surface area (Å²) in [5.74, 6) is 0.244. The molecule has 1 heterocycles. The van der Waals surface area contributed by atoms with Gasteiger partial charge < -0.3 is 5.11 Å². The van der Waals surface area contributed by atoms with Gasteiger partial charge in [0, 0.05) is 36.2 Å². The zero-order chi connectivity index (χ0) is 20.1. The quantitative estimate of drug-likeness (QED) is 0.563. The van der Waals surface area contributed by atoms with Crippen LogP contribution in [0.15, 0.2) is 88.4 Å². The minimum Gasteiger partial charge on any atom is -0.508 e. The third-order valence-corrected chi connectivity index (χ3v) is 5.95. The molecule has 1 saturated heterocycles. The van der Waals surface area contributed by atoms with Gasteiger partial charge in [0.25, 0.3) is 0 Å². The zero-order valence-corrected chi connectivity index (χ0v) is 17.7. The van der Waals surface area contributed by atoms with Crippen molar-refractivity contribution in [2.24, 2.45) is 5.10 Å². The summed E-state index contributed by atoms with van der Waals surface area (Å²) in [6.07, 6.45) is 1.81. The fourth-order valence-electron chi connectivity index (χ4n) is 3.74. The van der Waals surface area contributed by atoms with E-state index >= 15 is 0 Å². The molecule has 0 atom stereocenters. The number of rotatable bonds is 5. The van der Waals surface area contributed by atoms with Crippen molar-refractivity contribution in [3.8, 4) is 5.75 Å². The molecule has 0 bridgehead atoms. The third kappa shape index (κ3) is 4.86. The Morgan fingerprint density at radius 2 is 1.41 bits per heavy atom. The molecule has 0 aliphatic carbocycles. The molecule has 0 amide bonds. The highest BCUT2D eigenvalue weighted by atomic mass is 79.9. The lowest BCUT2D eigenvalue weighted by molar-refractivity contribution is 0.113. The molecule has 1 fully saturated rings. The molecule has 0 radical (unpaired) electrons. The summed E-state index contributed by atoms with van der Waals surface area (Å²) in [7, 11) is 0. The fourth-order valence-corrected chi connectivity index (χ4v) is 4.09. The first-order chi connectivity index (χ1) is 14.2. The molecule has 0 unspecified atom stereocenters. The maximum absolute atomic E-state index is 9.68. The van der Waals surface area contributed by atoms with Gasteiger partial charge in [-0.15, -0.1) is 0 Å². The van der Waals surface area contributed by atoms with E-state index in [-0.39, 0.29) is 11.8 Å². The van der Waals surface area contributed by atoms with E-state index in [4.69, 9.17) is 0 Å². The zero-order valence-electron chi connectivity index (χ0n) is 16.2. The highest BCUT2D eigenvalue weighted by Crippen LogP contribution is 2.29. The summed E-state index contributed by atoms with van der Waals surface area (Å²) in [5.41, 5.74) is 3.51. The summed E-state index contributed by atoms with van der Waals surface area (Å²) >= 11 is 3.51. The molecule has 1 aliphatic rings. The van der Waals surface area contributed by atoms with Gasteiger partial charge in [0.2, 0.25) is 0 Å². The number of phenolic OH excluding ortho intramolecular Hbond substituents is 1. The lowest BCUT2D eigenvalue weighted by Gasteiger charge is -2.38. The topological polar surface area (TPSA) is 39.1 Å².